The minimum atomic E-state index is -0.0760. The van der Waals surface area contributed by atoms with Gasteiger partial charge in [-0.1, -0.05) is 66.2 Å². The summed E-state index contributed by atoms with van der Waals surface area (Å²) in [6, 6.07) is 19.5. The molecule has 5 rings (SSSR count). The standard InChI is InChI=1S/C23H20Br2N2O/c1-13(2)23-27-21(18-10-17(24)11-19(25)22(18)28-23)12-20(26-27)16-8-7-14-5-3-4-6-15(14)9-16/h3-11,13,21,23H,12H2,1-2H3/t21-,23-/m0/s1. The summed E-state index contributed by atoms with van der Waals surface area (Å²) in [5.41, 5.74) is 3.48. The Morgan fingerprint density at radius 1 is 1.04 bits per heavy atom. The van der Waals surface area contributed by atoms with Gasteiger partial charge in [0.1, 0.15) is 5.75 Å². The van der Waals surface area contributed by atoms with Crippen LogP contribution in [0, 0.1) is 5.92 Å². The van der Waals surface area contributed by atoms with Crippen LogP contribution in [0.4, 0.5) is 0 Å². The molecule has 2 aliphatic heterocycles. The Bertz CT molecular complexity index is 1110. The van der Waals surface area contributed by atoms with Crippen molar-refractivity contribution in [2.75, 3.05) is 0 Å². The van der Waals surface area contributed by atoms with Crippen molar-refractivity contribution in [3.05, 3.63) is 74.7 Å². The van der Waals surface area contributed by atoms with Gasteiger partial charge in [0, 0.05) is 22.4 Å². The average molecular weight is 500 g/mol. The lowest BCUT2D eigenvalue weighted by Crippen LogP contribution is -2.43. The number of benzene rings is 3. The van der Waals surface area contributed by atoms with E-state index in [9.17, 15) is 0 Å². The molecule has 3 aromatic carbocycles. The highest BCUT2D eigenvalue weighted by Gasteiger charge is 2.42. The van der Waals surface area contributed by atoms with Gasteiger partial charge in [-0.05, 0) is 50.5 Å². The Kier molecular flexibility index (Phi) is 4.48. The third-order valence-electron chi connectivity index (χ3n) is 5.49. The van der Waals surface area contributed by atoms with Crippen LogP contribution in [0.1, 0.15) is 37.4 Å². The molecule has 2 atom stereocenters. The molecule has 5 heteroatoms. The Balaban J connectivity index is 1.59. The number of rotatable bonds is 2. The molecule has 28 heavy (non-hydrogen) atoms. The van der Waals surface area contributed by atoms with Gasteiger partial charge in [0.05, 0.1) is 16.2 Å². The fraction of sp³-hybridized carbons (Fsp3) is 0.261. The molecule has 0 aromatic heterocycles. The van der Waals surface area contributed by atoms with E-state index in [4.69, 9.17) is 9.84 Å². The van der Waals surface area contributed by atoms with Crippen molar-refractivity contribution >= 4 is 48.3 Å². The van der Waals surface area contributed by atoms with Gasteiger partial charge >= 0.3 is 0 Å². The molecule has 3 nitrogen and oxygen atoms in total. The van der Waals surface area contributed by atoms with Crippen LogP contribution in [0.3, 0.4) is 0 Å². The van der Waals surface area contributed by atoms with Crippen LogP contribution in [0.15, 0.2) is 68.6 Å². The summed E-state index contributed by atoms with van der Waals surface area (Å²) >= 11 is 7.31. The molecule has 0 amide bonds. The van der Waals surface area contributed by atoms with Crippen molar-refractivity contribution in [3.8, 4) is 5.75 Å². The van der Waals surface area contributed by atoms with E-state index in [1.54, 1.807) is 0 Å². The molecule has 142 valence electrons. The largest absolute Gasteiger partial charge is 0.467 e. The Morgan fingerprint density at radius 3 is 2.61 bits per heavy atom. The van der Waals surface area contributed by atoms with E-state index in [-0.39, 0.29) is 12.3 Å². The van der Waals surface area contributed by atoms with Crippen LogP contribution >= 0.6 is 31.9 Å². The number of hydrogen-bond donors (Lipinski definition) is 0. The molecule has 0 bridgehead atoms. The molecule has 0 saturated heterocycles. The maximum atomic E-state index is 6.40. The van der Waals surface area contributed by atoms with Gasteiger partial charge in [-0.25, -0.2) is 5.01 Å². The van der Waals surface area contributed by atoms with Crippen LogP contribution in [0.25, 0.3) is 10.8 Å². The molecule has 0 radical (unpaired) electrons. The van der Waals surface area contributed by atoms with Gasteiger partial charge < -0.3 is 4.74 Å². The maximum absolute atomic E-state index is 6.40. The molecule has 0 aliphatic carbocycles. The van der Waals surface area contributed by atoms with Gasteiger partial charge in [-0.2, -0.15) is 5.10 Å². The molecule has 0 saturated carbocycles. The Morgan fingerprint density at radius 2 is 1.82 bits per heavy atom. The molecular weight excluding hydrogens is 480 g/mol. The lowest BCUT2D eigenvalue weighted by Gasteiger charge is -2.40. The minimum absolute atomic E-state index is 0.0760. The fourth-order valence-electron chi connectivity index (χ4n) is 4.13. The third kappa shape index (κ3) is 2.96. The predicted molar refractivity (Wildman–Crippen MR) is 121 cm³/mol. The van der Waals surface area contributed by atoms with E-state index in [0.717, 1.165) is 26.8 Å². The van der Waals surface area contributed by atoms with Gasteiger partial charge in [0.15, 0.2) is 6.23 Å². The van der Waals surface area contributed by atoms with Crippen LogP contribution in [-0.2, 0) is 0 Å². The van der Waals surface area contributed by atoms with Crippen LogP contribution in [-0.4, -0.2) is 16.9 Å². The second-order valence-corrected chi connectivity index (χ2v) is 9.54. The van der Waals surface area contributed by atoms with Crippen molar-refractivity contribution in [2.24, 2.45) is 11.0 Å². The first-order valence-electron chi connectivity index (χ1n) is 9.52. The highest BCUT2D eigenvalue weighted by Crippen LogP contribution is 2.48. The monoisotopic (exact) mass is 498 g/mol. The SMILES string of the molecule is CC(C)[C@@H]1Oc2c(Br)cc(Br)cc2[C@@H]2CC(c3ccc4ccccc4c3)=NN21. The number of halogens is 2. The van der Waals surface area contributed by atoms with Crippen LogP contribution < -0.4 is 4.74 Å². The fourth-order valence-corrected chi connectivity index (χ4v) is 5.48. The van der Waals surface area contributed by atoms with Crippen molar-refractivity contribution in [1.29, 1.82) is 0 Å². The highest BCUT2D eigenvalue weighted by molar-refractivity contribution is 9.11. The quantitative estimate of drug-likeness (QED) is 0.383. The van der Waals surface area contributed by atoms with Gasteiger partial charge in [0.2, 0.25) is 0 Å². The lowest BCUT2D eigenvalue weighted by atomic mass is 9.94. The summed E-state index contributed by atoms with van der Waals surface area (Å²) in [5, 5.41) is 9.70. The van der Waals surface area contributed by atoms with Crippen molar-refractivity contribution in [1.82, 2.24) is 5.01 Å². The highest BCUT2D eigenvalue weighted by atomic mass is 79.9. The second kappa shape index (κ2) is 6.89. The smallest absolute Gasteiger partial charge is 0.190 e. The number of hydrogen-bond acceptors (Lipinski definition) is 3. The zero-order valence-electron chi connectivity index (χ0n) is 15.7. The van der Waals surface area contributed by atoms with Gasteiger partial charge in [-0.15, -0.1) is 0 Å². The first-order valence-corrected chi connectivity index (χ1v) is 11.1. The zero-order valence-corrected chi connectivity index (χ0v) is 18.9. The average Bonchev–Trinajstić information content (AvgIpc) is 3.12. The van der Waals surface area contributed by atoms with E-state index in [0.29, 0.717) is 5.92 Å². The number of fused-ring (bicyclic) bond motifs is 4. The summed E-state index contributed by atoms with van der Waals surface area (Å²) in [7, 11) is 0. The molecule has 0 spiro atoms. The molecular formula is C23H20Br2N2O. The Labute approximate surface area is 181 Å². The molecule has 2 heterocycles. The number of nitrogens with zero attached hydrogens (tertiary/aromatic N) is 2. The summed E-state index contributed by atoms with van der Waals surface area (Å²) in [4.78, 5) is 0. The van der Waals surface area contributed by atoms with E-state index < -0.39 is 0 Å². The molecule has 2 aliphatic rings. The molecule has 0 N–H and O–H groups in total. The zero-order chi connectivity index (χ0) is 19.4. The predicted octanol–water partition coefficient (Wildman–Crippen LogP) is 6.89. The second-order valence-electron chi connectivity index (χ2n) is 7.77. The van der Waals surface area contributed by atoms with Crippen molar-refractivity contribution in [2.45, 2.75) is 32.5 Å². The van der Waals surface area contributed by atoms with Crippen molar-refractivity contribution in [3.63, 3.8) is 0 Å². The first kappa shape index (κ1) is 18.2. The normalized spacial score (nSPS) is 20.8. The van der Waals surface area contributed by atoms with E-state index in [1.165, 1.54) is 21.9 Å². The van der Waals surface area contributed by atoms with E-state index in [1.807, 2.05) is 6.07 Å². The summed E-state index contributed by atoms with van der Waals surface area (Å²) < 4.78 is 8.43. The molecule has 0 unspecified atom stereocenters. The Hall–Kier alpha value is -1.85. The summed E-state index contributed by atoms with van der Waals surface area (Å²) in [6.07, 6.45) is 0.800. The third-order valence-corrected chi connectivity index (χ3v) is 6.54. The van der Waals surface area contributed by atoms with Gasteiger partial charge in [0.25, 0.3) is 0 Å². The number of ether oxygens (including phenoxy) is 1. The minimum Gasteiger partial charge on any atom is -0.467 e. The topological polar surface area (TPSA) is 24.8 Å². The van der Waals surface area contributed by atoms with Crippen LogP contribution in [0.5, 0.6) is 5.75 Å². The first-order chi connectivity index (χ1) is 13.5. The number of hydrazone groups is 1. The summed E-state index contributed by atoms with van der Waals surface area (Å²) in [5.74, 6) is 1.27. The van der Waals surface area contributed by atoms with Crippen LogP contribution in [0.2, 0.25) is 0 Å². The maximum Gasteiger partial charge on any atom is 0.190 e. The molecule has 0 fully saturated rings. The summed E-state index contributed by atoms with van der Waals surface area (Å²) in [6.45, 7) is 4.37. The van der Waals surface area contributed by atoms with E-state index in [2.05, 4.69) is 99.2 Å². The molecule has 3 aromatic rings. The van der Waals surface area contributed by atoms with Gasteiger partial charge in [-0.3, -0.25) is 0 Å². The van der Waals surface area contributed by atoms with E-state index >= 15 is 0 Å². The van der Waals surface area contributed by atoms with Crippen molar-refractivity contribution < 1.29 is 4.74 Å². The lowest BCUT2D eigenvalue weighted by molar-refractivity contribution is -0.0467.